The van der Waals surface area contributed by atoms with Crippen LogP contribution >= 0.6 is 0 Å². The first-order valence-electron chi connectivity index (χ1n) is 8.39. The Morgan fingerprint density at radius 2 is 2.04 bits per heavy atom. The summed E-state index contributed by atoms with van der Waals surface area (Å²) in [6.45, 7) is 5.44. The van der Waals surface area contributed by atoms with Crippen LogP contribution in [0.1, 0.15) is 36.5 Å². The van der Waals surface area contributed by atoms with Crippen molar-refractivity contribution >= 4 is 16.7 Å². The number of nitrogens with zero attached hydrogens (tertiary/aromatic N) is 3. The number of rotatable bonds is 5. The maximum Gasteiger partial charge on any atom is 0.178 e. The van der Waals surface area contributed by atoms with E-state index in [0.717, 1.165) is 35.5 Å². The average Bonchev–Trinajstić information content (AvgIpc) is 2.94. The lowest BCUT2D eigenvalue weighted by Gasteiger charge is -2.29. The van der Waals surface area contributed by atoms with Crippen molar-refractivity contribution in [2.45, 2.75) is 32.7 Å². The molecule has 0 N–H and O–H groups in total. The van der Waals surface area contributed by atoms with Crippen LogP contribution in [-0.4, -0.2) is 34.9 Å². The third kappa shape index (κ3) is 3.46. The van der Waals surface area contributed by atoms with E-state index in [2.05, 4.69) is 17.9 Å². The molecule has 2 heterocycles. The fraction of sp³-hybridized carbons (Fsp3) is 0.474. The number of fused-ring (bicyclic) bond motifs is 1. The molecular weight excluding hydrogens is 286 g/mol. The predicted octanol–water partition coefficient (Wildman–Crippen LogP) is 3.47. The van der Waals surface area contributed by atoms with Crippen LogP contribution in [0.4, 0.5) is 0 Å². The highest BCUT2D eigenvalue weighted by Crippen LogP contribution is 2.23. The van der Waals surface area contributed by atoms with Gasteiger partial charge < -0.3 is 4.57 Å². The number of aromatic nitrogens is 1. The van der Waals surface area contributed by atoms with Gasteiger partial charge in [-0.05, 0) is 37.9 Å². The standard InChI is InChI=1S/C19H23N3O/c1-15-7-11-21(12-8-15)14-19(23)17-13-22(10-4-9-20)18-6-3-2-5-16(17)18/h2-3,5-6,13,15H,4,7-8,10-12,14H2,1H3. The first-order chi connectivity index (χ1) is 11.2. The molecule has 0 spiro atoms. The van der Waals surface area contributed by atoms with Gasteiger partial charge in [0.15, 0.2) is 5.78 Å². The second-order valence-corrected chi connectivity index (χ2v) is 6.54. The van der Waals surface area contributed by atoms with E-state index in [-0.39, 0.29) is 5.78 Å². The molecule has 0 radical (unpaired) electrons. The summed E-state index contributed by atoms with van der Waals surface area (Å²) in [5.74, 6) is 0.959. The fourth-order valence-corrected chi connectivity index (χ4v) is 3.33. The molecule has 0 bridgehead atoms. The molecule has 1 fully saturated rings. The van der Waals surface area contributed by atoms with Crippen LogP contribution in [0.2, 0.25) is 0 Å². The van der Waals surface area contributed by atoms with Crippen molar-refractivity contribution in [1.82, 2.24) is 9.47 Å². The Labute approximate surface area is 137 Å². The first kappa shape index (κ1) is 15.8. The molecule has 0 saturated carbocycles. The largest absolute Gasteiger partial charge is 0.346 e. The number of carbonyl (C=O) groups excluding carboxylic acids is 1. The monoisotopic (exact) mass is 309 g/mol. The summed E-state index contributed by atoms with van der Waals surface area (Å²) in [5.41, 5.74) is 1.83. The van der Waals surface area contributed by atoms with Gasteiger partial charge in [0.05, 0.1) is 19.0 Å². The number of hydrogen-bond acceptors (Lipinski definition) is 3. The zero-order chi connectivity index (χ0) is 16.2. The molecule has 4 nitrogen and oxygen atoms in total. The number of para-hydroxylation sites is 1. The zero-order valence-corrected chi connectivity index (χ0v) is 13.7. The number of ketones is 1. The summed E-state index contributed by atoms with van der Waals surface area (Å²) in [6.07, 6.45) is 4.74. The lowest BCUT2D eigenvalue weighted by Crippen LogP contribution is -2.36. The van der Waals surface area contributed by atoms with Gasteiger partial charge in [-0.3, -0.25) is 9.69 Å². The zero-order valence-electron chi connectivity index (χ0n) is 13.7. The smallest absolute Gasteiger partial charge is 0.178 e. The van der Waals surface area contributed by atoms with Crippen molar-refractivity contribution in [2.75, 3.05) is 19.6 Å². The number of likely N-dealkylation sites (tertiary alicyclic amines) is 1. The third-order valence-electron chi connectivity index (χ3n) is 4.80. The van der Waals surface area contributed by atoms with Crippen molar-refractivity contribution in [3.05, 3.63) is 36.0 Å². The lowest BCUT2D eigenvalue weighted by molar-refractivity contribution is 0.0901. The summed E-state index contributed by atoms with van der Waals surface area (Å²) < 4.78 is 2.03. The topological polar surface area (TPSA) is 49.0 Å². The number of nitriles is 1. The Bertz CT molecular complexity index is 733. The molecule has 4 heteroatoms. The lowest BCUT2D eigenvalue weighted by atomic mass is 9.98. The van der Waals surface area contributed by atoms with Crippen molar-refractivity contribution < 1.29 is 4.79 Å². The predicted molar refractivity (Wildman–Crippen MR) is 91.3 cm³/mol. The van der Waals surface area contributed by atoms with Gasteiger partial charge in [-0.25, -0.2) is 0 Å². The van der Waals surface area contributed by atoms with Crippen molar-refractivity contribution in [1.29, 1.82) is 5.26 Å². The summed E-state index contributed by atoms with van der Waals surface area (Å²) in [5, 5.41) is 9.82. The third-order valence-corrected chi connectivity index (χ3v) is 4.80. The molecule has 1 aromatic carbocycles. The van der Waals surface area contributed by atoms with Gasteiger partial charge in [0.2, 0.25) is 0 Å². The summed E-state index contributed by atoms with van der Waals surface area (Å²) >= 11 is 0. The maximum atomic E-state index is 12.8. The molecule has 1 aromatic heterocycles. The van der Waals surface area contributed by atoms with Crippen molar-refractivity contribution in [3.63, 3.8) is 0 Å². The summed E-state index contributed by atoms with van der Waals surface area (Å²) in [6, 6.07) is 10.1. The normalized spacial score (nSPS) is 16.5. The van der Waals surface area contributed by atoms with E-state index in [4.69, 9.17) is 5.26 Å². The number of benzene rings is 1. The van der Waals surface area contributed by atoms with Crippen LogP contribution in [0, 0.1) is 17.2 Å². The van der Waals surface area contributed by atoms with E-state index in [1.165, 1.54) is 12.8 Å². The highest BCUT2D eigenvalue weighted by molar-refractivity contribution is 6.09. The number of piperidine rings is 1. The molecule has 0 atom stereocenters. The molecule has 0 amide bonds. The fourth-order valence-electron chi connectivity index (χ4n) is 3.33. The first-order valence-corrected chi connectivity index (χ1v) is 8.39. The van der Waals surface area contributed by atoms with E-state index in [1.54, 1.807) is 0 Å². The Balaban J connectivity index is 1.81. The Hall–Kier alpha value is -2.12. The van der Waals surface area contributed by atoms with E-state index in [0.29, 0.717) is 19.5 Å². The maximum absolute atomic E-state index is 12.8. The molecule has 0 aliphatic carbocycles. The second-order valence-electron chi connectivity index (χ2n) is 6.54. The quantitative estimate of drug-likeness (QED) is 0.795. The highest BCUT2D eigenvalue weighted by Gasteiger charge is 2.21. The number of carbonyl (C=O) groups is 1. The van der Waals surface area contributed by atoms with Gasteiger partial charge in [0.1, 0.15) is 0 Å². The Morgan fingerprint density at radius 1 is 1.30 bits per heavy atom. The minimum atomic E-state index is 0.187. The second kappa shape index (κ2) is 6.97. The van der Waals surface area contributed by atoms with Crippen LogP contribution < -0.4 is 0 Å². The van der Waals surface area contributed by atoms with Crippen LogP contribution in [0.15, 0.2) is 30.5 Å². The number of hydrogen-bond donors (Lipinski definition) is 0. The van der Waals surface area contributed by atoms with E-state index < -0.39 is 0 Å². The van der Waals surface area contributed by atoms with Gasteiger partial charge in [-0.15, -0.1) is 0 Å². The van der Waals surface area contributed by atoms with Gasteiger partial charge in [0.25, 0.3) is 0 Å². The van der Waals surface area contributed by atoms with Gasteiger partial charge in [0, 0.05) is 29.2 Å². The summed E-state index contributed by atoms with van der Waals surface area (Å²) in [7, 11) is 0. The Morgan fingerprint density at radius 3 is 2.78 bits per heavy atom. The van der Waals surface area contributed by atoms with Crippen LogP contribution in [0.25, 0.3) is 10.9 Å². The SMILES string of the molecule is CC1CCN(CC(=O)c2cn(CCC#N)c3ccccc23)CC1. The van der Waals surface area contributed by atoms with Crippen LogP contribution in [0.5, 0.6) is 0 Å². The molecule has 3 rings (SSSR count). The molecule has 0 unspecified atom stereocenters. The van der Waals surface area contributed by atoms with Gasteiger partial charge in [-0.1, -0.05) is 25.1 Å². The number of aryl methyl sites for hydroxylation is 1. The molecule has 120 valence electrons. The number of Topliss-reactive ketones (excluding diaryl/α,β-unsaturated/α-hetero) is 1. The minimum absolute atomic E-state index is 0.187. The molecule has 1 aliphatic rings. The van der Waals surface area contributed by atoms with Crippen LogP contribution in [-0.2, 0) is 6.54 Å². The van der Waals surface area contributed by atoms with E-state index in [1.807, 2.05) is 35.0 Å². The molecule has 1 aliphatic heterocycles. The summed E-state index contributed by atoms with van der Waals surface area (Å²) in [4.78, 5) is 15.0. The molecular formula is C19H23N3O. The molecule has 23 heavy (non-hydrogen) atoms. The Kier molecular flexibility index (Phi) is 4.78. The minimum Gasteiger partial charge on any atom is -0.346 e. The van der Waals surface area contributed by atoms with Crippen molar-refractivity contribution in [3.8, 4) is 6.07 Å². The molecule has 1 saturated heterocycles. The van der Waals surface area contributed by atoms with Gasteiger partial charge >= 0.3 is 0 Å². The molecule has 2 aromatic rings. The highest BCUT2D eigenvalue weighted by atomic mass is 16.1. The van der Waals surface area contributed by atoms with Crippen LogP contribution in [0.3, 0.4) is 0 Å². The van der Waals surface area contributed by atoms with E-state index >= 15 is 0 Å². The van der Waals surface area contributed by atoms with E-state index in [9.17, 15) is 4.79 Å². The average molecular weight is 309 g/mol. The van der Waals surface area contributed by atoms with Gasteiger partial charge in [-0.2, -0.15) is 5.26 Å². The van der Waals surface area contributed by atoms with Crippen molar-refractivity contribution in [2.24, 2.45) is 5.92 Å².